The van der Waals surface area contributed by atoms with Crippen molar-refractivity contribution in [2.45, 2.75) is 37.6 Å². The fourth-order valence-corrected chi connectivity index (χ4v) is 3.14. The number of rotatable bonds is 10. The average molecular weight is 387 g/mol. The van der Waals surface area contributed by atoms with Crippen LogP contribution in [-0.2, 0) is 19.6 Å². The average Bonchev–Trinajstić information content (AvgIpc) is 2.56. The first kappa shape index (κ1) is 21.5. The van der Waals surface area contributed by atoms with E-state index < -0.39 is 27.0 Å². The Hall–Kier alpha value is -2.53. The molecule has 0 saturated heterocycles. The SMILES string of the molecule is CC(C)CNC(=O)CC[C@H](NS(=O)(=O)c1ccc([N+](=O)[O-])cc1)C(=O)O. The molecule has 1 aromatic carbocycles. The van der Waals surface area contributed by atoms with E-state index in [1.807, 2.05) is 18.6 Å². The Kier molecular flexibility index (Phi) is 7.65. The van der Waals surface area contributed by atoms with Gasteiger partial charge in [-0.2, -0.15) is 4.72 Å². The van der Waals surface area contributed by atoms with Gasteiger partial charge in [0.2, 0.25) is 15.9 Å². The largest absolute Gasteiger partial charge is 0.480 e. The second kappa shape index (κ2) is 9.25. The van der Waals surface area contributed by atoms with E-state index in [1.54, 1.807) is 0 Å². The number of nitrogens with zero attached hydrogens (tertiary/aromatic N) is 1. The molecule has 0 unspecified atom stereocenters. The van der Waals surface area contributed by atoms with Gasteiger partial charge >= 0.3 is 5.97 Å². The van der Waals surface area contributed by atoms with E-state index in [1.165, 1.54) is 0 Å². The lowest BCUT2D eigenvalue weighted by Gasteiger charge is -2.15. The van der Waals surface area contributed by atoms with Crippen molar-refractivity contribution < 1.29 is 28.0 Å². The van der Waals surface area contributed by atoms with Gasteiger partial charge in [0.25, 0.3) is 5.69 Å². The molecule has 0 heterocycles. The third kappa shape index (κ3) is 6.76. The molecule has 1 aromatic rings. The summed E-state index contributed by atoms with van der Waals surface area (Å²) in [6.07, 6.45) is -0.391. The first-order chi connectivity index (χ1) is 12.0. The van der Waals surface area contributed by atoms with Gasteiger partial charge in [0.15, 0.2) is 0 Å². The van der Waals surface area contributed by atoms with Crippen molar-refractivity contribution in [1.29, 1.82) is 0 Å². The molecule has 11 heteroatoms. The molecule has 0 bridgehead atoms. The van der Waals surface area contributed by atoms with Crippen LogP contribution in [0.25, 0.3) is 0 Å². The van der Waals surface area contributed by atoms with Gasteiger partial charge in [0, 0.05) is 25.1 Å². The quantitative estimate of drug-likeness (QED) is 0.397. The monoisotopic (exact) mass is 387 g/mol. The minimum Gasteiger partial charge on any atom is -0.480 e. The molecule has 10 nitrogen and oxygen atoms in total. The fraction of sp³-hybridized carbons (Fsp3) is 0.467. The second-order valence-corrected chi connectivity index (χ2v) is 7.71. The molecule has 0 aliphatic rings. The van der Waals surface area contributed by atoms with Crippen LogP contribution in [0.5, 0.6) is 0 Å². The Morgan fingerprint density at radius 1 is 1.23 bits per heavy atom. The van der Waals surface area contributed by atoms with Gasteiger partial charge in [0.1, 0.15) is 6.04 Å². The number of carboxylic acids is 1. The molecule has 1 rings (SSSR count). The summed E-state index contributed by atoms with van der Waals surface area (Å²) in [5.41, 5.74) is -0.291. The molecule has 0 spiro atoms. The number of benzene rings is 1. The zero-order valence-electron chi connectivity index (χ0n) is 14.3. The lowest BCUT2D eigenvalue weighted by Crippen LogP contribution is -2.41. The molecule has 0 saturated carbocycles. The highest BCUT2D eigenvalue weighted by atomic mass is 32.2. The third-order valence-corrected chi connectivity index (χ3v) is 4.81. The van der Waals surface area contributed by atoms with Crippen molar-refractivity contribution in [3.63, 3.8) is 0 Å². The lowest BCUT2D eigenvalue weighted by molar-refractivity contribution is -0.384. The number of non-ortho nitro benzene ring substituents is 1. The molecular formula is C15H21N3O7S. The van der Waals surface area contributed by atoms with Gasteiger partial charge in [-0.15, -0.1) is 0 Å². The fourth-order valence-electron chi connectivity index (χ4n) is 1.92. The molecule has 0 aliphatic heterocycles. The maximum Gasteiger partial charge on any atom is 0.321 e. The van der Waals surface area contributed by atoms with Crippen LogP contribution in [0.2, 0.25) is 0 Å². The number of hydrogen-bond donors (Lipinski definition) is 3. The van der Waals surface area contributed by atoms with E-state index in [2.05, 4.69) is 5.32 Å². The number of hydrogen-bond acceptors (Lipinski definition) is 6. The van der Waals surface area contributed by atoms with Crippen molar-refractivity contribution >= 4 is 27.6 Å². The van der Waals surface area contributed by atoms with Gasteiger partial charge in [0.05, 0.1) is 9.82 Å². The van der Waals surface area contributed by atoms with Crippen molar-refractivity contribution in [2.75, 3.05) is 6.54 Å². The van der Waals surface area contributed by atoms with Crippen LogP contribution in [0, 0.1) is 16.0 Å². The summed E-state index contributed by atoms with van der Waals surface area (Å²) in [5, 5.41) is 22.4. The minimum atomic E-state index is -4.21. The second-order valence-electron chi connectivity index (χ2n) is 6.00. The Morgan fingerprint density at radius 2 is 1.81 bits per heavy atom. The van der Waals surface area contributed by atoms with Crippen LogP contribution in [0.15, 0.2) is 29.2 Å². The zero-order valence-corrected chi connectivity index (χ0v) is 15.2. The normalized spacial score (nSPS) is 12.6. The molecule has 144 valence electrons. The van der Waals surface area contributed by atoms with Crippen molar-refractivity contribution in [3.05, 3.63) is 34.4 Å². The summed E-state index contributed by atoms with van der Waals surface area (Å²) in [4.78, 5) is 32.6. The van der Waals surface area contributed by atoms with Crippen LogP contribution in [0.3, 0.4) is 0 Å². The molecule has 0 aliphatic carbocycles. The van der Waals surface area contributed by atoms with Crippen molar-refractivity contribution in [2.24, 2.45) is 5.92 Å². The first-order valence-corrected chi connectivity index (χ1v) is 9.27. The van der Waals surface area contributed by atoms with E-state index in [-0.39, 0.29) is 35.2 Å². The van der Waals surface area contributed by atoms with E-state index in [0.29, 0.717) is 6.54 Å². The number of aliphatic carboxylic acids is 1. The highest BCUT2D eigenvalue weighted by molar-refractivity contribution is 7.89. The van der Waals surface area contributed by atoms with Gasteiger partial charge in [-0.05, 0) is 24.5 Å². The Labute approximate surface area is 150 Å². The molecular weight excluding hydrogens is 366 g/mol. The Balaban J connectivity index is 2.77. The molecule has 0 radical (unpaired) electrons. The number of nitrogens with one attached hydrogen (secondary N) is 2. The minimum absolute atomic E-state index is 0.160. The highest BCUT2D eigenvalue weighted by Crippen LogP contribution is 2.16. The summed E-state index contributed by atoms with van der Waals surface area (Å²) < 4.78 is 26.5. The van der Waals surface area contributed by atoms with Gasteiger partial charge < -0.3 is 10.4 Å². The molecule has 0 fully saturated rings. The predicted molar refractivity (Wildman–Crippen MR) is 91.9 cm³/mol. The topological polar surface area (TPSA) is 156 Å². The Morgan fingerprint density at radius 3 is 2.27 bits per heavy atom. The number of carbonyl (C=O) groups excluding carboxylic acids is 1. The summed E-state index contributed by atoms with van der Waals surface area (Å²) in [6, 6.07) is 2.52. The molecule has 1 atom stereocenters. The number of nitro groups is 1. The molecule has 1 amide bonds. The first-order valence-electron chi connectivity index (χ1n) is 7.79. The molecule has 0 aromatic heterocycles. The molecule has 3 N–H and O–H groups in total. The summed E-state index contributed by atoms with van der Waals surface area (Å²) in [7, 11) is -4.21. The Bertz CT molecular complexity index is 760. The van der Waals surface area contributed by atoms with Crippen LogP contribution < -0.4 is 10.0 Å². The number of sulfonamides is 1. The smallest absolute Gasteiger partial charge is 0.321 e. The third-order valence-electron chi connectivity index (χ3n) is 3.32. The van der Waals surface area contributed by atoms with E-state index in [9.17, 15) is 33.2 Å². The van der Waals surface area contributed by atoms with Crippen molar-refractivity contribution in [1.82, 2.24) is 10.0 Å². The zero-order chi connectivity index (χ0) is 19.9. The summed E-state index contributed by atoms with van der Waals surface area (Å²) >= 11 is 0. The van der Waals surface area contributed by atoms with Gasteiger partial charge in [-0.3, -0.25) is 19.7 Å². The standard InChI is InChI=1S/C15H21N3O7S/c1-10(2)9-16-14(19)8-7-13(15(20)21)17-26(24,25)12-5-3-11(4-6-12)18(22)23/h3-6,10,13,17H,7-9H2,1-2H3,(H,16,19)(H,20,21)/t13-/m0/s1. The lowest BCUT2D eigenvalue weighted by atomic mass is 10.1. The van der Waals surface area contributed by atoms with Gasteiger partial charge in [-0.25, -0.2) is 8.42 Å². The van der Waals surface area contributed by atoms with E-state index >= 15 is 0 Å². The van der Waals surface area contributed by atoms with E-state index in [0.717, 1.165) is 24.3 Å². The summed E-state index contributed by atoms with van der Waals surface area (Å²) in [6.45, 7) is 4.24. The molecule has 26 heavy (non-hydrogen) atoms. The summed E-state index contributed by atoms with van der Waals surface area (Å²) in [5.74, 6) is -1.57. The number of nitro benzene ring substituents is 1. The highest BCUT2D eigenvalue weighted by Gasteiger charge is 2.26. The van der Waals surface area contributed by atoms with Crippen molar-refractivity contribution in [3.8, 4) is 0 Å². The predicted octanol–water partition coefficient (Wildman–Crippen LogP) is 0.879. The number of carbonyl (C=O) groups is 2. The maximum atomic E-state index is 12.2. The van der Waals surface area contributed by atoms with Crippen LogP contribution in [0.4, 0.5) is 5.69 Å². The number of carboxylic acid groups (broad SMARTS) is 1. The van der Waals surface area contributed by atoms with E-state index in [4.69, 9.17) is 0 Å². The van der Waals surface area contributed by atoms with Crippen LogP contribution >= 0.6 is 0 Å². The van der Waals surface area contributed by atoms with Crippen LogP contribution in [-0.4, -0.2) is 42.9 Å². The maximum absolute atomic E-state index is 12.2. The van der Waals surface area contributed by atoms with Crippen LogP contribution in [0.1, 0.15) is 26.7 Å². The van der Waals surface area contributed by atoms with Gasteiger partial charge in [-0.1, -0.05) is 13.8 Å². The number of amides is 1.